The van der Waals surface area contributed by atoms with E-state index >= 15 is 0 Å². The van der Waals surface area contributed by atoms with E-state index in [-0.39, 0.29) is 17.2 Å². The van der Waals surface area contributed by atoms with E-state index in [0.29, 0.717) is 39.0 Å². The van der Waals surface area contributed by atoms with Gasteiger partial charge in [0.25, 0.3) is 8.32 Å². The summed E-state index contributed by atoms with van der Waals surface area (Å²) < 4.78 is 24.5. The standard InChI is InChI=1S/C32H42N2O4Si/c1-32(2,3)39(29-10-6-4-7-11-29,30-12-8-5-9-13-30)38-22-26-18-19-33-31(34-26)25-14-16-27(17-15-25)37-24-28-23-35-20-21-36-28/h4-13,18-19,25,27-28H,14-17,20-24H2,1-3H3. The van der Waals surface area contributed by atoms with Crippen LogP contribution in [0.5, 0.6) is 0 Å². The van der Waals surface area contributed by atoms with Crippen LogP contribution in [-0.4, -0.2) is 56.9 Å². The quantitative estimate of drug-likeness (QED) is 0.352. The minimum Gasteiger partial charge on any atom is -0.401 e. The highest BCUT2D eigenvalue weighted by atomic mass is 28.4. The Morgan fingerprint density at radius 3 is 2.13 bits per heavy atom. The molecule has 6 nitrogen and oxygen atoms in total. The van der Waals surface area contributed by atoms with Gasteiger partial charge in [-0.25, -0.2) is 9.97 Å². The van der Waals surface area contributed by atoms with Gasteiger partial charge in [0.2, 0.25) is 0 Å². The molecule has 2 heterocycles. The predicted octanol–water partition coefficient (Wildman–Crippen LogP) is 5.01. The van der Waals surface area contributed by atoms with Gasteiger partial charge < -0.3 is 18.6 Å². The van der Waals surface area contributed by atoms with Gasteiger partial charge in [0, 0.05) is 12.1 Å². The molecule has 1 aliphatic heterocycles. The molecule has 5 rings (SSSR count). The maximum atomic E-state index is 7.11. The largest absolute Gasteiger partial charge is 0.401 e. The lowest BCUT2D eigenvalue weighted by molar-refractivity contribution is -0.128. The number of benzene rings is 2. The van der Waals surface area contributed by atoms with Crippen LogP contribution in [0.2, 0.25) is 5.04 Å². The second-order valence-corrected chi connectivity index (χ2v) is 16.0. The molecule has 2 fully saturated rings. The molecule has 1 unspecified atom stereocenters. The van der Waals surface area contributed by atoms with Gasteiger partial charge >= 0.3 is 0 Å². The van der Waals surface area contributed by atoms with Crippen molar-refractivity contribution in [3.8, 4) is 0 Å². The average molecular weight is 547 g/mol. The van der Waals surface area contributed by atoms with E-state index in [1.54, 1.807) is 0 Å². The van der Waals surface area contributed by atoms with E-state index < -0.39 is 8.32 Å². The maximum Gasteiger partial charge on any atom is 0.261 e. The molecule has 1 saturated heterocycles. The second kappa shape index (κ2) is 12.8. The summed E-state index contributed by atoms with van der Waals surface area (Å²) >= 11 is 0. The fourth-order valence-corrected chi connectivity index (χ4v) is 10.5. The van der Waals surface area contributed by atoms with Crippen molar-refractivity contribution in [3.05, 3.63) is 84.4 Å². The van der Waals surface area contributed by atoms with E-state index in [4.69, 9.17) is 23.6 Å². The Kier molecular flexibility index (Phi) is 9.25. The molecule has 1 aliphatic carbocycles. The van der Waals surface area contributed by atoms with Gasteiger partial charge in [-0.15, -0.1) is 0 Å². The molecule has 0 radical (unpaired) electrons. The average Bonchev–Trinajstić information content (AvgIpc) is 2.98. The minimum absolute atomic E-state index is 0.0621. The molecule has 39 heavy (non-hydrogen) atoms. The van der Waals surface area contributed by atoms with E-state index in [0.717, 1.165) is 37.2 Å². The maximum absolute atomic E-state index is 7.11. The molecule has 1 aromatic heterocycles. The number of ether oxygens (including phenoxy) is 3. The molecule has 7 heteroatoms. The van der Waals surface area contributed by atoms with Crippen molar-refractivity contribution >= 4 is 18.7 Å². The highest BCUT2D eigenvalue weighted by molar-refractivity contribution is 6.99. The normalized spacial score (nSPS) is 22.5. The summed E-state index contributed by atoms with van der Waals surface area (Å²) in [5.41, 5.74) is 0.945. The van der Waals surface area contributed by atoms with Crippen LogP contribution in [0.15, 0.2) is 72.9 Å². The predicted molar refractivity (Wildman–Crippen MR) is 156 cm³/mol. The summed E-state index contributed by atoms with van der Waals surface area (Å²) in [5.74, 6) is 1.29. The molecule has 3 aromatic rings. The number of aromatic nitrogens is 2. The fraction of sp³-hybridized carbons (Fsp3) is 0.500. The van der Waals surface area contributed by atoms with E-state index in [9.17, 15) is 0 Å². The smallest absolute Gasteiger partial charge is 0.261 e. The van der Waals surface area contributed by atoms with Crippen LogP contribution >= 0.6 is 0 Å². The fourth-order valence-electron chi connectivity index (χ4n) is 6.00. The summed E-state index contributed by atoms with van der Waals surface area (Å²) in [6, 6.07) is 23.5. The molecule has 0 spiro atoms. The first-order chi connectivity index (χ1) is 19.0. The first-order valence-electron chi connectivity index (χ1n) is 14.3. The van der Waals surface area contributed by atoms with Gasteiger partial charge in [0.05, 0.1) is 44.8 Å². The third-order valence-electron chi connectivity index (χ3n) is 8.03. The molecular formula is C32H42N2O4Si. The molecule has 0 bridgehead atoms. The molecule has 1 saturated carbocycles. The molecular weight excluding hydrogens is 504 g/mol. The van der Waals surface area contributed by atoms with Crippen molar-refractivity contribution in [2.24, 2.45) is 0 Å². The zero-order chi connectivity index (χ0) is 27.1. The number of hydrogen-bond acceptors (Lipinski definition) is 6. The monoisotopic (exact) mass is 546 g/mol. The molecule has 208 valence electrons. The zero-order valence-corrected chi connectivity index (χ0v) is 24.6. The Bertz CT molecular complexity index is 1120. The van der Waals surface area contributed by atoms with Crippen LogP contribution in [0.25, 0.3) is 0 Å². The highest BCUT2D eigenvalue weighted by Gasteiger charge is 2.50. The lowest BCUT2D eigenvalue weighted by Crippen LogP contribution is -2.66. The second-order valence-electron chi connectivity index (χ2n) is 11.7. The molecule has 2 aromatic carbocycles. The van der Waals surface area contributed by atoms with Crippen LogP contribution < -0.4 is 10.4 Å². The summed E-state index contributed by atoms with van der Waals surface area (Å²) in [5, 5.41) is 2.49. The van der Waals surface area contributed by atoms with Gasteiger partial charge in [-0.05, 0) is 47.2 Å². The number of rotatable bonds is 9. The Morgan fingerprint density at radius 1 is 0.872 bits per heavy atom. The third kappa shape index (κ3) is 6.66. The molecule has 0 amide bonds. The topological polar surface area (TPSA) is 62.7 Å². The Morgan fingerprint density at radius 2 is 1.54 bits per heavy atom. The summed E-state index contributed by atoms with van der Waals surface area (Å²) in [6.07, 6.45) is 6.34. The third-order valence-corrected chi connectivity index (χ3v) is 13.0. The van der Waals surface area contributed by atoms with Crippen molar-refractivity contribution in [1.82, 2.24) is 9.97 Å². The molecule has 0 N–H and O–H groups in total. The lowest BCUT2D eigenvalue weighted by atomic mass is 9.86. The van der Waals surface area contributed by atoms with Gasteiger partial charge in [-0.2, -0.15) is 0 Å². The van der Waals surface area contributed by atoms with Crippen LogP contribution in [0.4, 0.5) is 0 Å². The first kappa shape index (κ1) is 28.1. The summed E-state index contributed by atoms with van der Waals surface area (Å²) in [7, 11) is -2.62. The number of hydrogen-bond donors (Lipinski definition) is 0. The van der Waals surface area contributed by atoms with Crippen molar-refractivity contribution in [3.63, 3.8) is 0 Å². The Hall–Kier alpha value is -2.42. The minimum atomic E-state index is -2.62. The van der Waals surface area contributed by atoms with Crippen LogP contribution in [0.1, 0.15) is 63.9 Å². The van der Waals surface area contributed by atoms with Gasteiger partial charge in [0.1, 0.15) is 11.9 Å². The summed E-state index contributed by atoms with van der Waals surface area (Å²) in [4.78, 5) is 9.71. The van der Waals surface area contributed by atoms with Crippen molar-refractivity contribution in [1.29, 1.82) is 0 Å². The number of nitrogens with zero attached hydrogens (tertiary/aromatic N) is 2. The van der Waals surface area contributed by atoms with Gasteiger partial charge in [-0.1, -0.05) is 81.4 Å². The van der Waals surface area contributed by atoms with E-state index in [1.165, 1.54) is 10.4 Å². The van der Waals surface area contributed by atoms with Gasteiger partial charge in [0.15, 0.2) is 0 Å². The highest BCUT2D eigenvalue weighted by Crippen LogP contribution is 2.37. The van der Waals surface area contributed by atoms with Crippen molar-refractivity contribution in [2.45, 2.75) is 76.2 Å². The Labute approximate surface area is 234 Å². The van der Waals surface area contributed by atoms with Crippen molar-refractivity contribution < 1.29 is 18.6 Å². The zero-order valence-electron chi connectivity index (χ0n) is 23.6. The van der Waals surface area contributed by atoms with E-state index in [1.807, 2.05) is 12.3 Å². The van der Waals surface area contributed by atoms with Crippen LogP contribution in [0.3, 0.4) is 0 Å². The van der Waals surface area contributed by atoms with Crippen LogP contribution in [0, 0.1) is 0 Å². The SMILES string of the molecule is CC(C)(C)[Si](OCc1ccnc(C2CCC(OCC3COCCO3)CC2)n1)(c1ccccc1)c1ccccc1. The van der Waals surface area contributed by atoms with Crippen LogP contribution in [-0.2, 0) is 25.2 Å². The summed E-state index contributed by atoms with van der Waals surface area (Å²) in [6.45, 7) is 9.96. The Balaban J connectivity index is 1.27. The first-order valence-corrected chi connectivity index (χ1v) is 16.2. The van der Waals surface area contributed by atoms with Crippen molar-refractivity contribution in [2.75, 3.05) is 26.4 Å². The molecule has 2 aliphatic rings. The van der Waals surface area contributed by atoms with E-state index in [2.05, 4.69) is 86.4 Å². The van der Waals surface area contributed by atoms with Gasteiger partial charge in [-0.3, -0.25) is 0 Å². The lowest BCUT2D eigenvalue weighted by Gasteiger charge is -2.43. The molecule has 1 atom stereocenters.